The summed E-state index contributed by atoms with van der Waals surface area (Å²) in [6, 6.07) is 7.15. The molecule has 1 aromatic rings. The van der Waals surface area contributed by atoms with Crippen LogP contribution in [0.4, 0.5) is 5.69 Å². The van der Waals surface area contributed by atoms with E-state index < -0.39 is 0 Å². The summed E-state index contributed by atoms with van der Waals surface area (Å²) in [5, 5.41) is 2.82. The van der Waals surface area contributed by atoms with Crippen LogP contribution in [0.3, 0.4) is 0 Å². The van der Waals surface area contributed by atoms with Gasteiger partial charge in [-0.05, 0) is 61.3 Å². The van der Waals surface area contributed by atoms with Gasteiger partial charge in [-0.25, -0.2) is 0 Å². The van der Waals surface area contributed by atoms with Crippen molar-refractivity contribution in [3.63, 3.8) is 0 Å². The van der Waals surface area contributed by atoms with Gasteiger partial charge in [0.05, 0.1) is 18.4 Å². The van der Waals surface area contributed by atoms with Crippen LogP contribution in [-0.4, -0.2) is 35.8 Å². The van der Waals surface area contributed by atoms with Crippen LogP contribution in [0.2, 0.25) is 0 Å². The van der Waals surface area contributed by atoms with E-state index in [2.05, 4.69) is 17.5 Å². The molecule has 6 unspecified atom stereocenters. The number of allylic oxidation sites excluding steroid dienone is 2. The van der Waals surface area contributed by atoms with Crippen LogP contribution in [0.25, 0.3) is 0 Å². The van der Waals surface area contributed by atoms with Gasteiger partial charge in [-0.3, -0.25) is 19.3 Å². The van der Waals surface area contributed by atoms with E-state index in [9.17, 15) is 14.4 Å². The number of imide groups is 1. The van der Waals surface area contributed by atoms with Gasteiger partial charge in [-0.1, -0.05) is 12.2 Å². The molecule has 6 rings (SSSR count). The number of hydrogen-bond donors (Lipinski definition) is 1. The van der Waals surface area contributed by atoms with E-state index in [1.165, 1.54) is 4.90 Å². The van der Waals surface area contributed by atoms with E-state index in [4.69, 9.17) is 4.74 Å². The first kappa shape index (κ1) is 17.5. The van der Waals surface area contributed by atoms with Gasteiger partial charge < -0.3 is 10.1 Å². The number of carbonyl (C=O) groups excluding carboxylic acids is 3. The highest BCUT2D eigenvalue weighted by atomic mass is 16.5. The van der Waals surface area contributed by atoms with Crippen LogP contribution < -0.4 is 10.1 Å². The van der Waals surface area contributed by atoms with Crippen LogP contribution in [-0.2, 0) is 14.4 Å². The first-order chi connectivity index (χ1) is 13.6. The second-order valence-electron chi connectivity index (χ2n) is 8.24. The van der Waals surface area contributed by atoms with Crippen molar-refractivity contribution in [1.82, 2.24) is 4.90 Å². The van der Waals surface area contributed by atoms with Crippen molar-refractivity contribution in [3.8, 4) is 5.75 Å². The zero-order valence-electron chi connectivity index (χ0n) is 15.8. The maximum Gasteiger partial charge on any atom is 0.233 e. The second-order valence-corrected chi connectivity index (χ2v) is 8.24. The maximum absolute atomic E-state index is 12.9. The first-order valence-electron chi connectivity index (χ1n) is 10.1. The van der Waals surface area contributed by atoms with E-state index in [1.807, 2.05) is 6.92 Å². The molecule has 6 nitrogen and oxygen atoms in total. The van der Waals surface area contributed by atoms with Crippen molar-refractivity contribution in [2.45, 2.75) is 19.8 Å². The van der Waals surface area contributed by atoms with Gasteiger partial charge >= 0.3 is 0 Å². The Morgan fingerprint density at radius 1 is 1.07 bits per heavy atom. The Morgan fingerprint density at radius 2 is 1.68 bits per heavy atom. The van der Waals surface area contributed by atoms with Gasteiger partial charge in [0, 0.05) is 18.7 Å². The van der Waals surface area contributed by atoms with Crippen LogP contribution in [0.1, 0.15) is 19.8 Å². The summed E-state index contributed by atoms with van der Waals surface area (Å²) in [5.74, 6) is 1.63. The molecule has 6 atom stereocenters. The number of ether oxygens (including phenoxy) is 1. The predicted molar refractivity (Wildman–Crippen MR) is 102 cm³/mol. The topological polar surface area (TPSA) is 75.7 Å². The van der Waals surface area contributed by atoms with Crippen molar-refractivity contribution < 1.29 is 19.1 Å². The summed E-state index contributed by atoms with van der Waals surface area (Å²) in [7, 11) is 0. The standard InChI is InChI=1S/C22H24N2O4/c1-2-28-13-5-3-12(4-6-13)23-18(25)9-10-24-21(26)19-14-7-8-15(17-11-16(14)17)20(19)22(24)27/h3-8,14-17,19-20H,2,9-11H2,1H3,(H,23,25). The lowest BCUT2D eigenvalue weighted by Gasteiger charge is -2.37. The van der Waals surface area contributed by atoms with E-state index in [0.29, 0.717) is 24.1 Å². The van der Waals surface area contributed by atoms with Gasteiger partial charge in [-0.2, -0.15) is 0 Å². The van der Waals surface area contributed by atoms with Crippen LogP contribution in [0.15, 0.2) is 36.4 Å². The number of nitrogens with zero attached hydrogens (tertiary/aromatic N) is 1. The Balaban J connectivity index is 1.20. The number of benzene rings is 1. The molecule has 2 saturated carbocycles. The molecule has 0 aromatic heterocycles. The Labute approximate surface area is 163 Å². The average molecular weight is 380 g/mol. The lowest BCUT2D eigenvalue weighted by atomic mass is 9.63. The van der Waals surface area contributed by atoms with Gasteiger partial charge in [0.25, 0.3) is 0 Å². The number of likely N-dealkylation sites (tertiary alicyclic amines) is 1. The number of hydrogen-bond acceptors (Lipinski definition) is 4. The van der Waals surface area contributed by atoms with Crippen molar-refractivity contribution in [2.75, 3.05) is 18.5 Å². The zero-order valence-corrected chi connectivity index (χ0v) is 15.8. The normalized spacial score (nSPS) is 34.2. The SMILES string of the molecule is CCOc1ccc(NC(=O)CCN2C(=O)C3C4C=CC(C5CC45)C3C2=O)cc1. The Morgan fingerprint density at radius 3 is 2.25 bits per heavy atom. The van der Waals surface area contributed by atoms with E-state index >= 15 is 0 Å². The van der Waals surface area contributed by atoms with E-state index in [1.54, 1.807) is 24.3 Å². The minimum Gasteiger partial charge on any atom is -0.494 e. The van der Waals surface area contributed by atoms with Crippen molar-refractivity contribution in [2.24, 2.45) is 35.5 Å². The van der Waals surface area contributed by atoms with Crippen molar-refractivity contribution in [1.29, 1.82) is 0 Å². The summed E-state index contributed by atoms with van der Waals surface area (Å²) in [6.45, 7) is 2.66. The molecule has 146 valence electrons. The Hall–Kier alpha value is -2.63. The quantitative estimate of drug-likeness (QED) is 0.608. The van der Waals surface area contributed by atoms with E-state index in [-0.39, 0.29) is 54.4 Å². The molecule has 5 aliphatic rings. The summed E-state index contributed by atoms with van der Waals surface area (Å²) < 4.78 is 5.38. The third kappa shape index (κ3) is 2.65. The molecule has 0 spiro atoms. The smallest absolute Gasteiger partial charge is 0.233 e. The van der Waals surface area contributed by atoms with Crippen molar-refractivity contribution >= 4 is 23.4 Å². The molecule has 1 aromatic carbocycles. The Kier molecular flexibility index (Phi) is 4.03. The fraction of sp³-hybridized carbons (Fsp3) is 0.500. The third-order valence-electron chi connectivity index (χ3n) is 6.77. The molecule has 6 heteroatoms. The summed E-state index contributed by atoms with van der Waals surface area (Å²) in [6.07, 6.45) is 5.58. The fourth-order valence-corrected chi connectivity index (χ4v) is 5.48. The minimum atomic E-state index is -0.205. The zero-order chi connectivity index (χ0) is 19.4. The molecule has 3 amide bonds. The number of rotatable bonds is 6. The monoisotopic (exact) mass is 380 g/mol. The van der Waals surface area contributed by atoms with Gasteiger partial charge in [0.2, 0.25) is 17.7 Å². The molecule has 1 saturated heterocycles. The summed E-state index contributed by atoms with van der Waals surface area (Å²) >= 11 is 0. The van der Waals surface area contributed by atoms with Gasteiger partial charge in [-0.15, -0.1) is 0 Å². The number of amides is 3. The highest BCUT2D eigenvalue weighted by Crippen LogP contribution is 2.65. The first-order valence-corrected chi connectivity index (χ1v) is 10.1. The fourth-order valence-electron chi connectivity index (χ4n) is 5.48. The lowest BCUT2D eigenvalue weighted by Crippen LogP contribution is -2.40. The Bertz CT molecular complexity index is 826. The van der Waals surface area contributed by atoms with Gasteiger partial charge in [0.1, 0.15) is 5.75 Å². The average Bonchev–Trinajstić information content (AvgIpc) is 3.47. The maximum atomic E-state index is 12.9. The molecule has 28 heavy (non-hydrogen) atoms. The molecule has 1 aliphatic heterocycles. The molecule has 1 N–H and O–H groups in total. The molecule has 3 fully saturated rings. The highest BCUT2D eigenvalue weighted by molar-refractivity contribution is 6.06. The number of carbonyl (C=O) groups is 3. The highest BCUT2D eigenvalue weighted by Gasteiger charge is 2.66. The minimum absolute atomic E-state index is 0.0754. The number of nitrogens with one attached hydrogen (secondary N) is 1. The van der Waals surface area contributed by atoms with E-state index in [0.717, 1.165) is 12.2 Å². The molecule has 0 radical (unpaired) electrons. The largest absolute Gasteiger partial charge is 0.494 e. The molecule has 4 aliphatic carbocycles. The lowest BCUT2D eigenvalue weighted by molar-refractivity contribution is -0.140. The molecular weight excluding hydrogens is 356 g/mol. The summed E-state index contributed by atoms with van der Waals surface area (Å²) in [4.78, 5) is 39.4. The third-order valence-corrected chi connectivity index (χ3v) is 6.77. The van der Waals surface area contributed by atoms with Crippen LogP contribution in [0.5, 0.6) is 5.75 Å². The molecule has 1 heterocycles. The molecule has 2 bridgehead atoms. The van der Waals surface area contributed by atoms with Crippen molar-refractivity contribution in [3.05, 3.63) is 36.4 Å². The van der Waals surface area contributed by atoms with Gasteiger partial charge in [0.15, 0.2) is 0 Å². The molecular formula is C22H24N2O4. The predicted octanol–water partition coefficient (Wildman–Crippen LogP) is 2.47. The van der Waals surface area contributed by atoms with Crippen LogP contribution in [0, 0.1) is 35.5 Å². The summed E-state index contributed by atoms with van der Waals surface area (Å²) in [5.41, 5.74) is 0.670. The number of anilines is 1. The second kappa shape index (κ2) is 6.47. The van der Waals surface area contributed by atoms with Crippen LogP contribution >= 0.6 is 0 Å².